The van der Waals surface area contributed by atoms with Gasteiger partial charge in [-0.2, -0.15) is 0 Å². The van der Waals surface area contributed by atoms with E-state index in [0.717, 1.165) is 5.76 Å². The second-order valence-electron chi connectivity index (χ2n) is 3.23. The Morgan fingerprint density at radius 2 is 2.42 bits per heavy atom. The molecule has 1 rings (SSSR count). The predicted molar refractivity (Wildman–Crippen MR) is 47.1 cm³/mol. The van der Waals surface area contributed by atoms with Crippen LogP contribution in [-0.4, -0.2) is 25.3 Å². The highest BCUT2D eigenvalue weighted by atomic mass is 16.3. The third kappa shape index (κ3) is 1.68. The maximum Gasteiger partial charge on any atom is 0.113 e. The van der Waals surface area contributed by atoms with Crippen LogP contribution >= 0.6 is 0 Å². The highest BCUT2D eigenvalue weighted by molar-refractivity contribution is 5.13. The van der Waals surface area contributed by atoms with Gasteiger partial charge in [0.1, 0.15) is 5.76 Å². The minimum atomic E-state index is -0.307. The Labute approximate surface area is 72.4 Å². The van der Waals surface area contributed by atoms with Crippen molar-refractivity contribution in [1.82, 2.24) is 5.32 Å². The molecule has 3 nitrogen and oxygen atoms in total. The molecule has 2 N–H and O–H groups in total. The molecule has 0 amide bonds. The third-order valence-corrected chi connectivity index (χ3v) is 2.03. The molecule has 1 heterocycles. The van der Waals surface area contributed by atoms with Gasteiger partial charge < -0.3 is 14.8 Å². The minimum absolute atomic E-state index is 0.0847. The number of hydrogen-bond acceptors (Lipinski definition) is 3. The molecule has 0 bridgehead atoms. The normalized spacial score (nSPS) is 15.9. The van der Waals surface area contributed by atoms with Gasteiger partial charge in [0.2, 0.25) is 0 Å². The molecule has 1 unspecified atom stereocenters. The maximum absolute atomic E-state index is 9.19. The fourth-order valence-corrected chi connectivity index (χ4v) is 1.23. The number of aliphatic hydroxyl groups is 1. The number of nitrogens with one attached hydrogen (secondary N) is 1. The molecule has 0 saturated heterocycles. The lowest BCUT2D eigenvalue weighted by Crippen LogP contribution is -2.36. The van der Waals surface area contributed by atoms with E-state index in [0.29, 0.717) is 6.54 Å². The molecule has 3 heteroatoms. The molecule has 0 aliphatic heterocycles. The summed E-state index contributed by atoms with van der Waals surface area (Å²) in [4.78, 5) is 0. The summed E-state index contributed by atoms with van der Waals surface area (Å²) in [5.74, 6) is 0.819. The van der Waals surface area contributed by atoms with E-state index in [1.54, 1.807) is 6.26 Å². The molecular formula is C9H15NO2. The molecule has 0 radical (unpaired) electrons. The zero-order valence-corrected chi connectivity index (χ0v) is 7.50. The van der Waals surface area contributed by atoms with E-state index in [9.17, 15) is 5.11 Å². The molecule has 68 valence electrons. The molecule has 1 atom stereocenters. The summed E-state index contributed by atoms with van der Waals surface area (Å²) in [6.45, 7) is 2.75. The summed E-state index contributed by atoms with van der Waals surface area (Å²) in [5.41, 5.74) is -0.307. The SMILES string of the molecule is CNCC(C)(CO)c1ccco1. The summed E-state index contributed by atoms with van der Waals surface area (Å²) in [7, 11) is 1.86. The van der Waals surface area contributed by atoms with E-state index in [-0.39, 0.29) is 12.0 Å². The number of aliphatic hydroxyl groups excluding tert-OH is 1. The summed E-state index contributed by atoms with van der Waals surface area (Å²) in [6, 6.07) is 3.71. The number of hydrogen-bond donors (Lipinski definition) is 2. The third-order valence-electron chi connectivity index (χ3n) is 2.03. The summed E-state index contributed by atoms with van der Waals surface area (Å²) in [6.07, 6.45) is 1.62. The molecule has 0 spiro atoms. The van der Waals surface area contributed by atoms with Crippen molar-refractivity contribution in [3.63, 3.8) is 0 Å². The van der Waals surface area contributed by atoms with Crippen LogP contribution < -0.4 is 5.32 Å². The van der Waals surface area contributed by atoms with Gasteiger partial charge >= 0.3 is 0 Å². The molecular weight excluding hydrogens is 154 g/mol. The molecule has 0 aliphatic carbocycles. The number of likely N-dealkylation sites (N-methyl/N-ethyl adjacent to an activating group) is 1. The standard InChI is InChI=1S/C9H15NO2/c1-9(7-11,6-10-2)8-4-3-5-12-8/h3-5,10-11H,6-7H2,1-2H3. The minimum Gasteiger partial charge on any atom is -0.469 e. The van der Waals surface area contributed by atoms with Crippen molar-refractivity contribution in [2.75, 3.05) is 20.2 Å². The molecule has 0 aliphatic rings. The Morgan fingerprint density at radius 3 is 2.83 bits per heavy atom. The summed E-state index contributed by atoms with van der Waals surface area (Å²) < 4.78 is 5.24. The van der Waals surface area contributed by atoms with E-state index >= 15 is 0 Å². The van der Waals surface area contributed by atoms with Crippen LogP contribution in [0.4, 0.5) is 0 Å². The van der Waals surface area contributed by atoms with Crippen LogP contribution in [0.1, 0.15) is 12.7 Å². The van der Waals surface area contributed by atoms with Gasteiger partial charge in [0, 0.05) is 6.54 Å². The van der Waals surface area contributed by atoms with E-state index < -0.39 is 0 Å². The molecule has 1 aromatic rings. The highest BCUT2D eigenvalue weighted by Gasteiger charge is 2.27. The van der Waals surface area contributed by atoms with Crippen LogP contribution in [0.25, 0.3) is 0 Å². The van der Waals surface area contributed by atoms with Gasteiger partial charge in [0.05, 0.1) is 18.3 Å². The first-order valence-electron chi connectivity index (χ1n) is 4.02. The lowest BCUT2D eigenvalue weighted by molar-refractivity contribution is 0.182. The largest absolute Gasteiger partial charge is 0.469 e. The van der Waals surface area contributed by atoms with Crippen LogP contribution in [0.5, 0.6) is 0 Å². The highest BCUT2D eigenvalue weighted by Crippen LogP contribution is 2.22. The second-order valence-corrected chi connectivity index (χ2v) is 3.23. The zero-order valence-electron chi connectivity index (χ0n) is 7.50. The molecule has 0 fully saturated rings. The van der Waals surface area contributed by atoms with Crippen LogP contribution in [0.2, 0.25) is 0 Å². The van der Waals surface area contributed by atoms with Crippen LogP contribution in [0.3, 0.4) is 0 Å². The molecule has 12 heavy (non-hydrogen) atoms. The van der Waals surface area contributed by atoms with Crippen molar-refractivity contribution < 1.29 is 9.52 Å². The molecule has 0 aromatic carbocycles. The fraction of sp³-hybridized carbons (Fsp3) is 0.556. The Morgan fingerprint density at radius 1 is 1.67 bits per heavy atom. The Balaban J connectivity index is 2.80. The topological polar surface area (TPSA) is 45.4 Å². The first kappa shape index (κ1) is 9.29. The van der Waals surface area contributed by atoms with E-state index in [1.165, 1.54) is 0 Å². The quantitative estimate of drug-likeness (QED) is 0.699. The lowest BCUT2D eigenvalue weighted by Gasteiger charge is -2.24. The van der Waals surface area contributed by atoms with Crippen LogP contribution in [-0.2, 0) is 5.41 Å². The summed E-state index contributed by atoms with van der Waals surface area (Å²) in [5, 5.41) is 12.2. The predicted octanol–water partition coefficient (Wildman–Crippen LogP) is 0.749. The Hall–Kier alpha value is -0.800. The van der Waals surface area contributed by atoms with Crippen molar-refractivity contribution in [1.29, 1.82) is 0 Å². The smallest absolute Gasteiger partial charge is 0.113 e. The average Bonchev–Trinajstić information content (AvgIpc) is 2.57. The molecule has 1 aromatic heterocycles. The van der Waals surface area contributed by atoms with Crippen molar-refractivity contribution in [2.45, 2.75) is 12.3 Å². The van der Waals surface area contributed by atoms with E-state index in [2.05, 4.69) is 5.32 Å². The van der Waals surface area contributed by atoms with Gasteiger partial charge in [-0.15, -0.1) is 0 Å². The van der Waals surface area contributed by atoms with Crippen molar-refractivity contribution in [2.24, 2.45) is 0 Å². The first-order chi connectivity index (χ1) is 5.73. The van der Waals surface area contributed by atoms with Gasteiger partial charge in [-0.25, -0.2) is 0 Å². The van der Waals surface area contributed by atoms with Gasteiger partial charge in [0.25, 0.3) is 0 Å². The van der Waals surface area contributed by atoms with Crippen LogP contribution in [0, 0.1) is 0 Å². The fourth-order valence-electron chi connectivity index (χ4n) is 1.23. The first-order valence-corrected chi connectivity index (χ1v) is 4.02. The zero-order chi connectivity index (χ0) is 9.03. The van der Waals surface area contributed by atoms with Gasteiger partial charge in [0.15, 0.2) is 0 Å². The van der Waals surface area contributed by atoms with Crippen molar-refractivity contribution in [3.8, 4) is 0 Å². The lowest BCUT2D eigenvalue weighted by atomic mass is 9.89. The van der Waals surface area contributed by atoms with Crippen molar-refractivity contribution in [3.05, 3.63) is 24.2 Å². The van der Waals surface area contributed by atoms with Crippen LogP contribution in [0.15, 0.2) is 22.8 Å². The average molecular weight is 169 g/mol. The van der Waals surface area contributed by atoms with Gasteiger partial charge in [-0.05, 0) is 26.1 Å². The van der Waals surface area contributed by atoms with Gasteiger partial charge in [-0.1, -0.05) is 0 Å². The Bertz CT molecular complexity index is 220. The second kappa shape index (κ2) is 3.74. The number of rotatable bonds is 4. The number of furan rings is 1. The molecule has 0 saturated carbocycles. The monoisotopic (exact) mass is 169 g/mol. The summed E-state index contributed by atoms with van der Waals surface area (Å²) >= 11 is 0. The van der Waals surface area contributed by atoms with Crippen molar-refractivity contribution >= 4 is 0 Å². The Kier molecular flexibility index (Phi) is 2.89. The maximum atomic E-state index is 9.19. The van der Waals surface area contributed by atoms with Gasteiger partial charge in [-0.3, -0.25) is 0 Å². The van der Waals surface area contributed by atoms with E-state index in [4.69, 9.17) is 4.42 Å². The van der Waals surface area contributed by atoms with E-state index in [1.807, 2.05) is 26.1 Å².